The van der Waals surface area contributed by atoms with E-state index in [-0.39, 0.29) is 0 Å². The molecule has 1 rings (SSSR count). The summed E-state index contributed by atoms with van der Waals surface area (Å²) in [6, 6.07) is 6.07. The number of nitrogens with one attached hydrogen (secondary N) is 1. The van der Waals surface area contributed by atoms with E-state index in [1.165, 1.54) is 5.56 Å². The number of aryl methyl sites for hydroxylation is 1. The van der Waals surface area contributed by atoms with E-state index in [4.69, 9.17) is 9.57 Å². The fourth-order valence-corrected chi connectivity index (χ4v) is 1.20. The van der Waals surface area contributed by atoms with Gasteiger partial charge in [0, 0.05) is 6.54 Å². The Hall–Kier alpha value is -1.06. The Balaban J connectivity index is 2.76. The number of hydrogen-bond acceptors (Lipinski definition) is 3. The van der Waals surface area contributed by atoms with E-state index in [1.54, 1.807) is 14.2 Å². The van der Waals surface area contributed by atoms with Crippen LogP contribution in [0.1, 0.15) is 11.1 Å². The van der Waals surface area contributed by atoms with Crippen LogP contribution >= 0.6 is 0 Å². The molecule has 0 aliphatic carbocycles. The molecule has 0 radical (unpaired) electrons. The van der Waals surface area contributed by atoms with Gasteiger partial charge in [0.05, 0.1) is 14.2 Å². The predicted molar refractivity (Wildman–Crippen MR) is 51.6 cm³/mol. The maximum atomic E-state index is 5.15. The Kier molecular flexibility index (Phi) is 3.73. The van der Waals surface area contributed by atoms with Crippen LogP contribution < -0.4 is 10.2 Å². The summed E-state index contributed by atoms with van der Waals surface area (Å²) in [5.74, 6) is 0.882. The third-order valence-corrected chi connectivity index (χ3v) is 1.77. The molecule has 0 saturated heterocycles. The summed E-state index contributed by atoms with van der Waals surface area (Å²) in [5, 5.41) is 0. The minimum atomic E-state index is 0.689. The normalized spacial score (nSPS) is 10.1. The first-order chi connectivity index (χ1) is 6.26. The van der Waals surface area contributed by atoms with Crippen molar-refractivity contribution >= 4 is 0 Å². The summed E-state index contributed by atoms with van der Waals surface area (Å²) >= 11 is 0. The fraction of sp³-hybridized carbons (Fsp3) is 0.400. The average Bonchev–Trinajstić information content (AvgIpc) is 2.14. The number of methoxy groups -OCH3 is 1. The van der Waals surface area contributed by atoms with Gasteiger partial charge in [-0.1, -0.05) is 6.07 Å². The van der Waals surface area contributed by atoms with E-state index < -0.39 is 0 Å². The lowest BCUT2D eigenvalue weighted by Gasteiger charge is -2.06. The van der Waals surface area contributed by atoms with E-state index in [0.29, 0.717) is 6.54 Å². The van der Waals surface area contributed by atoms with Gasteiger partial charge in [-0.3, -0.25) is 0 Å². The van der Waals surface area contributed by atoms with Crippen LogP contribution in [0.5, 0.6) is 5.75 Å². The Morgan fingerprint density at radius 3 is 2.62 bits per heavy atom. The van der Waals surface area contributed by atoms with Crippen LogP contribution in [0.25, 0.3) is 0 Å². The molecule has 13 heavy (non-hydrogen) atoms. The van der Waals surface area contributed by atoms with Crippen molar-refractivity contribution in [2.45, 2.75) is 13.5 Å². The molecule has 3 heteroatoms. The molecular weight excluding hydrogens is 166 g/mol. The van der Waals surface area contributed by atoms with E-state index in [9.17, 15) is 0 Å². The van der Waals surface area contributed by atoms with Crippen LogP contribution in [0.4, 0.5) is 0 Å². The predicted octanol–water partition coefficient (Wildman–Crippen LogP) is 1.65. The molecule has 1 aromatic carbocycles. The largest absolute Gasteiger partial charge is 0.497 e. The number of rotatable bonds is 4. The van der Waals surface area contributed by atoms with E-state index >= 15 is 0 Å². The van der Waals surface area contributed by atoms with Crippen molar-refractivity contribution in [3.8, 4) is 5.75 Å². The minimum Gasteiger partial charge on any atom is -0.497 e. The van der Waals surface area contributed by atoms with Crippen molar-refractivity contribution in [3.63, 3.8) is 0 Å². The van der Waals surface area contributed by atoms with Gasteiger partial charge in [-0.15, -0.1) is 0 Å². The molecule has 0 aromatic heterocycles. The average molecular weight is 181 g/mol. The highest BCUT2D eigenvalue weighted by Gasteiger charge is 1.97. The zero-order chi connectivity index (χ0) is 9.68. The Morgan fingerprint density at radius 1 is 1.23 bits per heavy atom. The molecule has 0 amide bonds. The zero-order valence-corrected chi connectivity index (χ0v) is 8.26. The summed E-state index contributed by atoms with van der Waals surface area (Å²) in [4.78, 5) is 4.77. The summed E-state index contributed by atoms with van der Waals surface area (Å²) in [7, 11) is 3.27. The zero-order valence-electron chi connectivity index (χ0n) is 8.26. The van der Waals surface area contributed by atoms with Crippen LogP contribution in [-0.2, 0) is 11.4 Å². The molecule has 1 N–H and O–H groups in total. The van der Waals surface area contributed by atoms with Gasteiger partial charge in [-0.2, -0.15) is 5.48 Å². The summed E-state index contributed by atoms with van der Waals surface area (Å²) < 4.78 is 5.15. The van der Waals surface area contributed by atoms with Gasteiger partial charge in [-0.05, 0) is 30.2 Å². The molecule has 0 spiro atoms. The highest BCUT2D eigenvalue weighted by atomic mass is 16.6. The van der Waals surface area contributed by atoms with Crippen molar-refractivity contribution in [2.24, 2.45) is 0 Å². The number of benzene rings is 1. The number of hydrogen-bond donors (Lipinski definition) is 1. The standard InChI is InChI=1S/C10H15NO2/c1-8-4-9(7-11-13-3)6-10(5-8)12-2/h4-6,11H,7H2,1-3H3. The maximum absolute atomic E-state index is 5.15. The quantitative estimate of drug-likeness (QED) is 0.716. The lowest BCUT2D eigenvalue weighted by Crippen LogP contribution is -2.10. The molecule has 0 fully saturated rings. The van der Waals surface area contributed by atoms with Gasteiger partial charge in [0.2, 0.25) is 0 Å². The van der Waals surface area contributed by atoms with E-state index in [0.717, 1.165) is 11.3 Å². The molecule has 0 bridgehead atoms. The SMILES string of the molecule is CONCc1cc(C)cc(OC)c1. The van der Waals surface area contributed by atoms with Crippen molar-refractivity contribution in [1.82, 2.24) is 5.48 Å². The van der Waals surface area contributed by atoms with E-state index in [1.807, 2.05) is 19.1 Å². The first kappa shape index (κ1) is 10.0. The third kappa shape index (κ3) is 3.05. The van der Waals surface area contributed by atoms with Crippen molar-refractivity contribution < 1.29 is 9.57 Å². The first-order valence-electron chi connectivity index (χ1n) is 4.16. The molecular formula is C10H15NO2. The Morgan fingerprint density at radius 2 is 2.00 bits per heavy atom. The van der Waals surface area contributed by atoms with E-state index in [2.05, 4.69) is 11.5 Å². The molecule has 3 nitrogen and oxygen atoms in total. The molecule has 0 aliphatic heterocycles. The van der Waals surface area contributed by atoms with Crippen LogP contribution in [0, 0.1) is 6.92 Å². The van der Waals surface area contributed by atoms with Crippen LogP contribution in [0.15, 0.2) is 18.2 Å². The number of hydroxylamine groups is 1. The lowest BCUT2D eigenvalue weighted by atomic mass is 10.1. The monoisotopic (exact) mass is 181 g/mol. The highest BCUT2D eigenvalue weighted by Crippen LogP contribution is 2.15. The fourth-order valence-electron chi connectivity index (χ4n) is 1.20. The third-order valence-electron chi connectivity index (χ3n) is 1.77. The summed E-state index contributed by atoms with van der Waals surface area (Å²) in [6.45, 7) is 2.73. The molecule has 0 aliphatic rings. The van der Waals surface area contributed by atoms with Gasteiger partial charge >= 0.3 is 0 Å². The van der Waals surface area contributed by atoms with Crippen LogP contribution in [-0.4, -0.2) is 14.2 Å². The highest BCUT2D eigenvalue weighted by molar-refractivity contribution is 5.33. The molecule has 0 atom stereocenters. The van der Waals surface area contributed by atoms with Gasteiger partial charge < -0.3 is 9.57 Å². The van der Waals surface area contributed by atoms with Gasteiger partial charge in [0.1, 0.15) is 5.75 Å². The summed E-state index contributed by atoms with van der Waals surface area (Å²) in [6.07, 6.45) is 0. The Bertz CT molecular complexity index is 274. The van der Waals surface area contributed by atoms with Gasteiger partial charge in [0.25, 0.3) is 0 Å². The Labute approximate surface area is 78.6 Å². The van der Waals surface area contributed by atoms with Crippen molar-refractivity contribution in [3.05, 3.63) is 29.3 Å². The van der Waals surface area contributed by atoms with Gasteiger partial charge in [-0.25, -0.2) is 0 Å². The van der Waals surface area contributed by atoms with Crippen molar-refractivity contribution in [1.29, 1.82) is 0 Å². The van der Waals surface area contributed by atoms with Crippen molar-refractivity contribution in [2.75, 3.05) is 14.2 Å². The second-order valence-electron chi connectivity index (χ2n) is 2.88. The van der Waals surface area contributed by atoms with Crippen LogP contribution in [0.3, 0.4) is 0 Å². The molecule has 0 saturated carbocycles. The molecule has 0 heterocycles. The molecule has 1 aromatic rings. The number of ether oxygens (including phenoxy) is 1. The first-order valence-corrected chi connectivity index (χ1v) is 4.16. The maximum Gasteiger partial charge on any atom is 0.119 e. The second-order valence-corrected chi connectivity index (χ2v) is 2.88. The molecule has 72 valence electrons. The van der Waals surface area contributed by atoms with Crippen LogP contribution in [0.2, 0.25) is 0 Å². The molecule has 0 unspecified atom stereocenters. The van der Waals surface area contributed by atoms with Gasteiger partial charge in [0.15, 0.2) is 0 Å². The topological polar surface area (TPSA) is 30.5 Å². The smallest absolute Gasteiger partial charge is 0.119 e. The summed E-state index contributed by atoms with van der Waals surface area (Å²) in [5.41, 5.74) is 5.13. The lowest BCUT2D eigenvalue weighted by molar-refractivity contribution is 0.0866. The minimum absolute atomic E-state index is 0.689. The second kappa shape index (κ2) is 4.84.